The molecule has 0 saturated carbocycles. The lowest BCUT2D eigenvalue weighted by Gasteiger charge is -2.29. The smallest absolute Gasteiger partial charge is 0.228 e. The van der Waals surface area contributed by atoms with Crippen LogP contribution in [0.1, 0.15) is 12.0 Å². The van der Waals surface area contributed by atoms with E-state index in [1.165, 1.54) is 5.56 Å². The molecular formula is C16H23NO3. The number of likely N-dealkylation sites (N-methyl/N-ethyl adjacent to an activating group) is 1. The van der Waals surface area contributed by atoms with Gasteiger partial charge in [0.2, 0.25) is 5.91 Å². The van der Waals surface area contributed by atoms with Gasteiger partial charge in [-0.2, -0.15) is 0 Å². The third kappa shape index (κ3) is 3.81. The van der Waals surface area contributed by atoms with Crippen LogP contribution in [0.15, 0.2) is 30.3 Å². The molecule has 0 aliphatic carbocycles. The van der Waals surface area contributed by atoms with Gasteiger partial charge in [-0.25, -0.2) is 0 Å². The molecule has 1 saturated heterocycles. The molecule has 2 atom stereocenters. The Morgan fingerprint density at radius 2 is 2.20 bits per heavy atom. The minimum absolute atomic E-state index is 0.00938. The molecule has 2 rings (SSSR count). The second-order valence-corrected chi connectivity index (χ2v) is 5.31. The number of hydrogen-bond acceptors (Lipinski definition) is 3. The first-order valence-corrected chi connectivity index (χ1v) is 7.09. The predicted octanol–water partition coefficient (Wildman–Crippen LogP) is 1.74. The summed E-state index contributed by atoms with van der Waals surface area (Å²) in [6.07, 6.45) is 1.64. The van der Waals surface area contributed by atoms with Crippen LogP contribution in [0.2, 0.25) is 0 Å². The number of methoxy groups -OCH3 is 1. The van der Waals surface area contributed by atoms with E-state index < -0.39 is 0 Å². The molecule has 1 heterocycles. The van der Waals surface area contributed by atoms with Crippen LogP contribution >= 0.6 is 0 Å². The fourth-order valence-electron chi connectivity index (χ4n) is 2.58. The van der Waals surface area contributed by atoms with E-state index in [2.05, 4.69) is 12.1 Å². The second kappa shape index (κ2) is 7.41. The third-order valence-corrected chi connectivity index (χ3v) is 3.85. The van der Waals surface area contributed by atoms with Crippen LogP contribution in [0.4, 0.5) is 0 Å². The second-order valence-electron chi connectivity index (χ2n) is 5.31. The van der Waals surface area contributed by atoms with Crippen LogP contribution < -0.4 is 0 Å². The van der Waals surface area contributed by atoms with Crippen molar-refractivity contribution in [3.05, 3.63) is 35.9 Å². The number of benzene rings is 1. The van der Waals surface area contributed by atoms with Crippen LogP contribution in [0.25, 0.3) is 0 Å². The molecular weight excluding hydrogens is 254 g/mol. The topological polar surface area (TPSA) is 38.8 Å². The third-order valence-electron chi connectivity index (χ3n) is 3.85. The van der Waals surface area contributed by atoms with Crippen molar-refractivity contribution in [2.75, 3.05) is 34.0 Å². The van der Waals surface area contributed by atoms with Gasteiger partial charge in [-0.1, -0.05) is 30.3 Å². The number of nitrogens with zero attached hydrogens (tertiary/aromatic N) is 1. The zero-order chi connectivity index (χ0) is 14.4. The van der Waals surface area contributed by atoms with E-state index in [1.807, 2.05) is 30.1 Å². The molecule has 1 aliphatic heterocycles. The molecule has 0 aromatic heterocycles. The maximum Gasteiger partial charge on any atom is 0.228 e. The molecule has 1 amide bonds. The Bertz CT molecular complexity index is 415. The van der Waals surface area contributed by atoms with Gasteiger partial charge in [-0.15, -0.1) is 0 Å². The lowest BCUT2D eigenvalue weighted by molar-refractivity contribution is -0.137. The van der Waals surface area contributed by atoms with Gasteiger partial charge in [0.1, 0.15) is 0 Å². The summed E-state index contributed by atoms with van der Waals surface area (Å²) in [4.78, 5) is 14.3. The first-order valence-electron chi connectivity index (χ1n) is 7.09. The molecule has 1 aliphatic rings. The quantitative estimate of drug-likeness (QED) is 0.795. The van der Waals surface area contributed by atoms with E-state index in [1.54, 1.807) is 7.11 Å². The van der Waals surface area contributed by atoms with E-state index in [0.29, 0.717) is 19.8 Å². The summed E-state index contributed by atoms with van der Waals surface area (Å²) < 4.78 is 10.6. The van der Waals surface area contributed by atoms with Gasteiger partial charge < -0.3 is 14.4 Å². The summed E-state index contributed by atoms with van der Waals surface area (Å²) in [5, 5.41) is 0. The monoisotopic (exact) mass is 277 g/mol. The molecule has 1 aromatic carbocycles. The van der Waals surface area contributed by atoms with E-state index in [0.717, 1.165) is 12.8 Å². The zero-order valence-electron chi connectivity index (χ0n) is 12.2. The summed E-state index contributed by atoms with van der Waals surface area (Å²) in [6, 6.07) is 10.3. The average molecular weight is 277 g/mol. The molecule has 0 unspecified atom stereocenters. The van der Waals surface area contributed by atoms with Crippen LogP contribution in [0.5, 0.6) is 0 Å². The van der Waals surface area contributed by atoms with Crippen molar-refractivity contribution < 1.29 is 14.3 Å². The maximum atomic E-state index is 12.4. The SMILES string of the molecule is COC[C@@H](Cc1ccccc1)N(C)C(=O)[C@H]1CCOC1. The van der Waals surface area contributed by atoms with Gasteiger partial charge in [-0.05, 0) is 18.4 Å². The van der Waals surface area contributed by atoms with E-state index in [-0.39, 0.29) is 17.9 Å². The van der Waals surface area contributed by atoms with Crippen LogP contribution in [0.3, 0.4) is 0 Å². The normalized spacial score (nSPS) is 19.8. The molecule has 20 heavy (non-hydrogen) atoms. The number of carbonyl (C=O) groups excluding carboxylic acids is 1. The van der Waals surface area contributed by atoms with Gasteiger partial charge in [0.15, 0.2) is 0 Å². The van der Waals surface area contributed by atoms with Gasteiger partial charge in [0.25, 0.3) is 0 Å². The van der Waals surface area contributed by atoms with Crippen molar-refractivity contribution in [1.29, 1.82) is 0 Å². The van der Waals surface area contributed by atoms with Crippen molar-refractivity contribution in [1.82, 2.24) is 4.90 Å². The van der Waals surface area contributed by atoms with Crippen LogP contribution in [-0.2, 0) is 20.7 Å². The highest BCUT2D eigenvalue weighted by molar-refractivity contribution is 5.79. The van der Waals surface area contributed by atoms with E-state index >= 15 is 0 Å². The van der Waals surface area contributed by atoms with Crippen molar-refractivity contribution in [2.24, 2.45) is 5.92 Å². The lowest BCUT2D eigenvalue weighted by Crippen LogP contribution is -2.44. The molecule has 0 N–H and O–H groups in total. The van der Waals surface area contributed by atoms with Crippen molar-refractivity contribution in [3.63, 3.8) is 0 Å². The standard InChI is InChI=1S/C16H23NO3/c1-17(16(18)14-8-9-20-11-14)15(12-19-2)10-13-6-4-3-5-7-13/h3-7,14-15H,8-12H2,1-2H3/t14-,15+/m0/s1. The maximum absolute atomic E-state index is 12.4. The molecule has 0 radical (unpaired) electrons. The van der Waals surface area contributed by atoms with Gasteiger partial charge in [0.05, 0.1) is 25.2 Å². The minimum Gasteiger partial charge on any atom is -0.383 e. The molecule has 110 valence electrons. The number of hydrogen-bond donors (Lipinski definition) is 0. The Balaban J connectivity index is 2.01. The summed E-state index contributed by atoms with van der Waals surface area (Å²) in [6.45, 7) is 1.79. The fourth-order valence-corrected chi connectivity index (χ4v) is 2.58. The first kappa shape index (κ1) is 15.0. The molecule has 1 fully saturated rings. The van der Waals surface area contributed by atoms with E-state index in [9.17, 15) is 4.79 Å². The number of amides is 1. The summed E-state index contributed by atoms with van der Waals surface area (Å²) >= 11 is 0. The summed E-state index contributed by atoms with van der Waals surface area (Å²) in [7, 11) is 3.54. The van der Waals surface area contributed by atoms with Gasteiger partial charge in [-0.3, -0.25) is 4.79 Å². The summed E-state index contributed by atoms with van der Waals surface area (Å²) in [5.74, 6) is 0.176. The molecule has 0 spiro atoms. The van der Waals surface area contributed by atoms with Crippen molar-refractivity contribution in [3.8, 4) is 0 Å². The zero-order valence-corrected chi connectivity index (χ0v) is 12.2. The van der Waals surface area contributed by atoms with Gasteiger partial charge >= 0.3 is 0 Å². The number of carbonyl (C=O) groups is 1. The highest BCUT2D eigenvalue weighted by Crippen LogP contribution is 2.18. The van der Waals surface area contributed by atoms with Crippen molar-refractivity contribution >= 4 is 5.91 Å². The molecule has 1 aromatic rings. The Morgan fingerprint density at radius 3 is 2.80 bits per heavy atom. The minimum atomic E-state index is 0.00938. The highest BCUT2D eigenvalue weighted by Gasteiger charge is 2.29. The predicted molar refractivity (Wildman–Crippen MR) is 77.5 cm³/mol. The van der Waals surface area contributed by atoms with Crippen LogP contribution in [0, 0.1) is 5.92 Å². The number of ether oxygens (including phenoxy) is 2. The highest BCUT2D eigenvalue weighted by atomic mass is 16.5. The van der Waals surface area contributed by atoms with E-state index in [4.69, 9.17) is 9.47 Å². The summed E-state index contributed by atoms with van der Waals surface area (Å²) in [5.41, 5.74) is 1.22. The van der Waals surface area contributed by atoms with Crippen molar-refractivity contribution in [2.45, 2.75) is 18.9 Å². The fraction of sp³-hybridized carbons (Fsp3) is 0.562. The average Bonchev–Trinajstić information content (AvgIpc) is 3.00. The molecule has 0 bridgehead atoms. The Morgan fingerprint density at radius 1 is 1.45 bits per heavy atom. The molecule has 4 heteroatoms. The van der Waals surface area contributed by atoms with Crippen LogP contribution in [-0.4, -0.2) is 50.8 Å². The largest absolute Gasteiger partial charge is 0.383 e. The Hall–Kier alpha value is -1.39. The van der Waals surface area contributed by atoms with Gasteiger partial charge in [0, 0.05) is 20.8 Å². The Kier molecular flexibility index (Phi) is 5.56. The Labute approximate surface area is 120 Å². The number of rotatable bonds is 6. The molecule has 4 nitrogen and oxygen atoms in total. The first-order chi connectivity index (χ1) is 9.72. The lowest BCUT2D eigenvalue weighted by atomic mass is 10.0.